The summed E-state index contributed by atoms with van der Waals surface area (Å²) in [5, 5.41) is 0. The van der Waals surface area contributed by atoms with Gasteiger partial charge in [-0.15, -0.1) is 0 Å². The Bertz CT molecular complexity index is 216. The van der Waals surface area contributed by atoms with Gasteiger partial charge in [0.2, 0.25) is 0 Å². The largest absolute Gasteiger partial charge is 0.0683 e. The van der Waals surface area contributed by atoms with E-state index in [4.69, 9.17) is 0 Å². The van der Waals surface area contributed by atoms with Crippen LogP contribution in [0.15, 0.2) is 22.7 Å². The smallest absolute Gasteiger partial charge is 0.0178 e. The van der Waals surface area contributed by atoms with Gasteiger partial charge in [-0.05, 0) is 37.1 Å². The fourth-order valence-corrected chi connectivity index (χ4v) is 1.18. The minimum absolute atomic E-state index is 1.16. The maximum Gasteiger partial charge on any atom is 0.0178 e. The summed E-state index contributed by atoms with van der Waals surface area (Å²) in [7, 11) is 0. The molecule has 0 bridgehead atoms. The number of benzene rings is 1. The van der Waals surface area contributed by atoms with Gasteiger partial charge in [-0.1, -0.05) is 35.8 Å². The molecule has 0 atom stereocenters. The molecule has 0 aliphatic rings. The first-order chi connectivity index (χ1) is 5.20. The van der Waals surface area contributed by atoms with Crippen molar-refractivity contribution >= 4 is 15.9 Å². The molecule has 0 saturated carbocycles. The summed E-state index contributed by atoms with van der Waals surface area (Å²) < 4.78 is 1.16. The second kappa shape index (κ2) is 5.36. The van der Waals surface area contributed by atoms with Crippen LogP contribution in [-0.2, 0) is 0 Å². The quantitative estimate of drug-likeness (QED) is 0.611. The molecule has 1 aromatic carbocycles. The first kappa shape index (κ1) is 10.7. The topological polar surface area (TPSA) is 0 Å². The van der Waals surface area contributed by atoms with E-state index in [2.05, 4.69) is 48.0 Å². The van der Waals surface area contributed by atoms with Crippen LogP contribution in [0.4, 0.5) is 0 Å². The van der Waals surface area contributed by atoms with Crippen LogP contribution in [0.3, 0.4) is 0 Å². The highest BCUT2D eigenvalue weighted by molar-refractivity contribution is 9.10. The van der Waals surface area contributed by atoms with E-state index in [1.807, 2.05) is 13.8 Å². The van der Waals surface area contributed by atoms with Crippen LogP contribution in [-0.4, -0.2) is 0 Å². The Morgan fingerprint density at radius 3 is 1.91 bits per heavy atom. The molecule has 0 spiro atoms. The van der Waals surface area contributed by atoms with E-state index in [9.17, 15) is 0 Å². The van der Waals surface area contributed by atoms with Crippen molar-refractivity contribution in [3.63, 3.8) is 0 Å². The number of aryl methyl sites for hydroxylation is 2. The Kier molecular flexibility index (Phi) is 5.22. The average molecular weight is 215 g/mol. The van der Waals surface area contributed by atoms with Gasteiger partial charge in [0.15, 0.2) is 0 Å². The van der Waals surface area contributed by atoms with Crippen molar-refractivity contribution in [1.82, 2.24) is 0 Å². The first-order valence-electron chi connectivity index (χ1n) is 3.93. The van der Waals surface area contributed by atoms with E-state index in [0.29, 0.717) is 0 Å². The molecular formula is C10H15Br. The third-order valence-electron chi connectivity index (χ3n) is 1.47. The average Bonchev–Trinajstić information content (AvgIpc) is 2.02. The first-order valence-corrected chi connectivity index (χ1v) is 4.72. The maximum atomic E-state index is 3.40. The molecule has 0 saturated heterocycles. The highest BCUT2D eigenvalue weighted by Crippen LogP contribution is 2.14. The van der Waals surface area contributed by atoms with Crippen LogP contribution in [0.5, 0.6) is 0 Å². The molecule has 0 amide bonds. The lowest BCUT2D eigenvalue weighted by Crippen LogP contribution is -1.77. The predicted octanol–water partition coefficient (Wildman–Crippen LogP) is 4.09. The molecule has 0 unspecified atom stereocenters. The van der Waals surface area contributed by atoms with Crippen molar-refractivity contribution in [2.45, 2.75) is 27.7 Å². The minimum atomic E-state index is 1.16. The molecule has 0 aromatic heterocycles. The second-order valence-corrected chi connectivity index (χ2v) is 3.14. The van der Waals surface area contributed by atoms with Gasteiger partial charge in [-0.25, -0.2) is 0 Å². The van der Waals surface area contributed by atoms with Gasteiger partial charge in [0, 0.05) is 4.47 Å². The van der Waals surface area contributed by atoms with Gasteiger partial charge in [-0.2, -0.15) is 0 Å². The third-order valence-corrected chi connectivity index (χ3v) is 1.96. The lowest BCUT2D eigenvalue weighted by Gasteiger charge is -1.97. The highest BCUT2D eigenvalue weighted by atomic mass is 79.9. The van der Waals surface area contributed by atoms with E-state index in [0.717, 1.165) is 4.47 Å². The highest BCUT2D eigenvalue weighted by Gasteiger charge is 1.90. The molecule has 11 heavy (non-hydrogen) atoms. The molecule has 1 heteroatoms. The monoisotopic (exact) mass is 214 g/mol. The zero-order valence-corrected chi connectivity index (χ0v) is 9.20. The molecule has 0 heterocycles. The molecule has 0 aliphatic carbocycles. The van der Waals surface area contributed by atoms with Crippen molar-refractivity contribution in [1.29, 1.82) is 0 Å². The Balaban J connectivity index is 0.000000461. The molecule has 62 valence electrons. The number of hydrogen-bond donors (Lipinski definition) is 0. The molecule has 0 aliphatic heterocycles. The van der Waals surface area contributed by atoms with Crippen molar-refractivity contribution in [2.24, 2.45) is 0 Å². The van der Waals surface area contributed by atoms with Gasteiger partial charge >= 0.3 is 0 Å². The summed E-state index contributed by atoms with van der Waals surface area (Å²) in [6.07, 6.45) is 0. The van der Waals surface area contributed by atoms with Gasteiger partial charge < -0.3 is 0 Å². The Morgan fingerprint density at radius 1 is 1.00 bits per heavy atom. The third kappa shape index (κ3) is 3.57. The van der Waals surface area contributed by atoms with Gasteiger partial charge in [0.1, 0.15) is 0 Å². The zero-order chi connectivity index (χ0) is 8.85. The van der Waals surface area contributed by atoms with E-state index < -0.39 is 0 Å². The van der Waals surface area contributed by atoms with Crippen LogP contribution in [0, 0.1) is 13.8 Å². The summed E-state index contributed by atoms with van der Waals surface area (Å²) in [6, 6.07) is 6.29. The molecule has 1 aromatic rings. The van der Waals surface area contributed by atoms with Crippen LogP contribution < -0.4 is 0 Å². The molecule has 0 nitrogen and oxygen atoms in total. The normalized spacial score (nSPS) is 8.45. The van der Waals surface area contributed by atoms with Gasteiger partial charge in [-0.3, -0.25) is 0 Å². The summed E-state index contributed by atoms with van der Waals surface area (Å²) >= 11 is 3.40. The van der Waals surface area contributed by atoms with Gasteiger partial charge in [0.05, 0.1) is 0 Å². The fraction of sp³-hybridized carbons (Fsp3) is 0.400. The second-order valence-electron chi connectivity index (χ2n) is 2.23. The molecule has 0 radical (unpaired) electrons. The molecular weight excluding hydrogens is 200 g/mol. The Labute approximate surface area is 77.8 Å². The molecule has 0 fully saturated rings. The van der Waals surface area contributed by atoms with Crippen molar-refractivity contribution in [2.75, 3.05) is 0 Å². The maximum absolute atomic E-state index is 3.40. The summed E-state index contributed by atoms with van der Waals surface area (Å²) in [5.41, 5.74) is 2.68. The Hall–Kier alpha value is -0.300. The van der Waals surface area contributed by atoms with E-state index in [1.54, 1.807) is 0 Å². The van der Waals surface area contributed by atoms with Crippen molar-refractivity contribution in [3.8, 4) is 0 Å². The Morgan fingerprint density at radius 2 is 1.55 bits per heavy atom. The lowest BCUT2D eigenvalue weighted by molar-refractivity contribution is 1.33. The van der Waals surface area contributed by atoms with E-state index in [1.165, 1.54) is 11.1 Å². The number of halogens is 1. The standard InChI is InChI=1S/C8H9Br.C2H6/c1-6-3-4-8(9)5-7(6)2;1-2/h3-5H,1-2H3;1-2H3. The molecule has 0 N–H and O–H groups in total. The van der Waals surface area contributed by atoms with E-state index >= 15 is 0 Å². The zero-order valence-electron chi connectivity index (χ0n) is 7.61. The summed E-state index contributed by atoms with van der Waals surface area (Å²) in [5.74, 6) is 0. The van der Waals surface area contributed by atoms with E-state index in [-0.39, 0.29) is 0 Å². The lowest BCUT2D eigenvalue weighted by atomic mass is 10.1. The summed E-state index contributed by atoms with van der Waals surface area (Å²) in [4.78, 5) is 0. The van der Waals surface area contributed by atoms with Crippen molar-refractivity contribution < 1.29 is 0 Å². The number of hydrogen-bond acceptors (Lipinski definition) is 0. The van der Waals surface area contributed by atoms with Crippen LogP contribution in [0.1, 0.15) is 25.0 Å². The fourth-order valence-electron chi connectivity index (χ4n) is 0.705. The summed E-state index contributed by atoms with van der Waals surface area (Å²) in [6.45, 7) is 8.22. The number of rotatable bonds is 0. The van der Waals surface area contributed by atoms with Crippen molar-refractivity contribution in [3.05, 3.63) is 33.8 Å². The van der Waals surface area contributed by atoms with Crippen LogP contribution in [0.25, 0.3) is 0 Å². The molecule has 1 rings (SSSR count). The predicted molar refractivity (Wildman–Crippen MR) is 55.0 cm³/mol. The van der Waals surface area contributed by atoms with Crippen LogP contribution in [0.2, 0.25) is 0 Å². The van der Waals surface area contributed by atoms with Gasteiger partial charge in [0.25, 0.3) is 0 Å². The SMILES string of the molecule is CC.Cc1ccc(Br)cc1C. The van der Waals surface area contributed by atoms with Crippen LogP contribution >= 0.6 is 15.9 Å². The minimum Gasteiger partial charge on any atom is -0.0683 e.